The highest BCUT2D eigenvalue weighted by Gasteiger charge is 2.36. The fourth-order valence-electron chi connectivity index (χ4n) is 3.52. The first kappa shape index (κ1) is 13.0. The summed E-state index contributed by atoms with van der Waals surface area (Å²) in [6.07, 6.45) is 1.81. The molecule has 4 rings (SSSR count). The summed E-state index contributed by atoms with van der Waals surface area (Å²) < 4.78 is 5.64. The van der Waals surface area contributed by atoms with Crippen molar-refractivity contribution in [2.24, 2.45) is 11.8 Å². The van der Waals surface area contributed by atoms with Crippen LogP contribution in [0.5, 0.6) is 0 Å². The lowest BCUT2D eigenvalue weighted by Gasteiger charge is -2.14. The number of oxazole rings is 1. The van der Waals surface area contributed by atoms with Crippen molar-refractivity contribution in [3.63, 3.8) is 0 Å². The second kappa shape index (κ2) is 5.28. The van der Waals surface area contributed by atoms with Crippen molar-refractivity contribution in [3.05, 3.63) is 41.8 Å². The van der Waals surface area contributed by atoms with Crippen LogP contribution in [0.25, 0.3) is 11.5 Å². The summed E-state index contributed by atoms with van der Waals surface area (Å²) in [6, 6.07) is 8.31. The number of benzene rings is 1. The molecule has 2 aromatic rings. The molecule has 2 aliphatic rings. The van der Waals surface area contributed by atoms with Crippen LogP contribution in [-0.2, 0) is 6.54 Å². The number of nitrogens with one attached hydrogen (secondary N) is 1. The molecule has 4 heteroatoms. The third-order valence-electron chi connectivity index (χ3n) is 4.70. The molecule has 2 atom stereocenters. The van der Waals surface area contributed by atoms with Crippen molar-refractivity contribution < 1.29 is 4.42 Å². The predicted octanol–water partition coefficient (Wildman–Crippen LogP) is 2.30. The van der Waals surface area contributed by atoms with E-state index in [1.165, 1.54) is 31.7 Å². The Labute approximate surface area is 125 Å². The van der Waals surface area contributed by atoms with E-state index >= 15 is 0 Å². The van der Waals surface area contributed by atoms with Crippen molar-refractivity contribution in [1.29, 1.82) is 0 Å². The largest absolute Gasteiger partial charge is 0.444 e. The van der Waals surface area contributed by atoms with Crippen LogP contribution in [0, 0.1) is 18.8 Å². The van der Waals surface area contributed by atoms with E-state index in [0.29, 0.717) is 0 Å². The number of aromatic nitrogens is 1. The normalized spacial score (nSPS) is 25.4. The molecule has 3 heterocycles. The second-order valence-electron chi connectivity index (χ2n) is 6.38. The van der Waals surface area contributed by atoms with Gasteiger partial charge in [-0.1, -0.05) is 17.7 Å². The van der Waals surface area contributed by atoms with Crippen LogP contribution < -0.4 is 5.32 Å². The van der Waals surface area contributed by atoms with Gasteiger partial charge in [0.05, 0.1) is 5.69 Å². The van der Waals surface area contributed by atoms with E-state index in [-0.39, 0.29) is 0 Å². The second-order valence-corrected chi connectivity index (χ2v) is 6.38. The maximum Gasteiger partial charge on any atom is 0.226 e. The summed E-state index contributed by atoms with van der Waals surface area (Å²) in [5.41, 5.74) is 3.34. The molecular formula is C17H21N3O. The number of nitrogens with zero attached hydrogens (tertiary/aromatic N) is 2. The molecule has 1 aromatic carbocycles. The summed E-state index contributed by atoms with van der Waals surface area (Å²) >= 11 is 0. The third-order valence-corrected chi connectivity index (χ3v) is 4.70. The van der Waals surface area contributed by atoms with Gasteiger partial charge in [-0.2, -0.15) is 0 Å². The first-order valence-corrected chi connectivity index (χ1v) is 7.72. The molecule has 0 amide bonds. The molecule has 2 aliphatic heterocycles. The smallest absolute Gasteiger partial charge is 0.226 e. The Hall–Kier alpha value is -1.65. The molecule has 2 saturated heterocycles. The molecule has 0 saturated carbocycles. The lowest BCUT2D eigenvalue weighted by molar-refractivity contribution is 0.302. The van der Waals surface area contributed by atoms with Crippen LogP contribution in [0.2, 0.25) is 0 Å². The predicted molar refractivity (Wildman–Crippen MR) is 81.8 cm³/mol. The van der Waals surface area contributed by atoms with Gasteiger partial charge in [0.15, 0.2) is 0 Å². The van der Waals surface area contributed by atoms with Crippen molar-refractivity contribution in [1.82, 2.24) is 15.2 Å². The van der Waals surface area contributed by atoms with Gasteiger partial charge < -0.3 is 9.73 Å². The Kier molecular flexibility index (Phi) is 3.28. The van der Waals surface area contributed by atoms with E-state index in [1.54, 1.807) is 0 Å². The van der Waals surface area contributed by atoms with E-state index in [2.05, 4.69) is 46.4 Å². The SMILES string of the molecule is Cc1ccc(-c2nc(CN3C[C@H]4CNC[C@H]4C3)co2)cc1. The van der Waals surface area contributed by atoms with Crippen molar-refractivity contribution >= 4 is 0 Å². The van der Waals surface area contributed by atoms with Crippen LogP contribution in [0.3, 0.4) is 0 Å². The zero-order valence-electron chi connectivity index (χ0n) is 12.4. The Bertz CT molecular complexity index is 607. The first-order chi connectivity index (χ1) is 10.3. The molecule has 2 fully saturated rings. The molecule has 0 unspecified atom stereocenters. The molecule has 1 N–H and O–H groups in total. The first-order valence-electron chi connectivity index (χ1n) is 7.72. The summed E-state index contributed by atoms with van der Waals surface area (Å²) in [6.45, 7) is 7.71. The number of aryl methyl sites for hydroxylation is 1. The van der Waals surface area contributed by atoms with Gasteiger partial charge >= 0.3 is 0 Å². The monoisotopic (exact) mass is 283 g/mol. The molecule has 0 aliphatic carbocycles. The summed E-state index contributed by atoms with van der Waals surface area (Å²) in [7, 11) is 0. The molecule has 0 radical (unpaired) electrons. The van der Waals surface area contributed by atoms with Gasteiger partial charge in [0.2, 0.25) is 5.89 Å². The highest BCUT2D eigenvalue weighted by molar-refractivity contribution is 5.53. The van der Waals surface area contributed by atoms with Crippen molar-refractivity contribution in [2.75, 3.05) is 26.2 Å². The van der Waals surface area contributed by atoms with Gasteiger partial charge in [-0.05, 0) is 44.0 Å². The Morgan fingerprint density at radius 2 is 1.90 bits per heavy atom. The lowest BCUT2D eigenvalue weighted by Crippen LogP contribution is -2.25. The molecule has 4 nitrogen and oxygen atoms in total. The van der Waals surface area contributed by atoms with Crippen LogP contribution >= 0.6 is 0 Å². The minimum Gasteiger partial charge on any atom is -0.444 e. The van der Waals surface area contributed by atoms with E-state index in [0.717, 1.165) is 35.5 Å². The number of fused-ring (bicyclic) bond motifs is 1. The fourth-order valence-corrected chi connectivity index (χ4v) is 3.52. The fraction of sp³-hybridized carbons (Fsp3) is 0.471. The Balaban J connectivity index is 1.44. The number of hydrogen-bond acceptors (Lipinski definition) is 4. The maximum absolute atomic E-state index is 5.64. The molecular weight excluding hydrogens is 262 g/mol. The molecule has 1 aromatic heterocycles. The highest BCUT2D eigenvalue weighted by Crippen LogP contribution is 2.28. The molecule has 0 spiro atoms. The van der Waals surface area contributed by atoms with E-state index in [1.807, 2.05) is 6.26 Å². The van der Waals surface area contributed by atoms with Crippen LogP contribution in [0.1, 0.15) is 11.3 Å². The van der Waals surface area contributed by atoms with Crippen LogP contribution in [-0.4, -0.2) is 36.1 Å². The van der Waals surface area contributed by atoms with Gasteiger partial charge in [0.1, 0.15) is 6.26 Å². The van der Waals surface area contributed by atoms with Crippen LogP contribution in [0.4, 0.5) is 0 Å². The maximum atomic E-state index is 5.64. The standard InChI is InChI=1S/C17H21N3O/c1-12-2-4-13(5-3-12)17-19-16(11-21-17)10-20-8-14-6-18-7-15(14)9-20/h2-5,11,14-15,18H,6-10H2,1H3/t14-,15+. The number of likely N-dealkylation sites (tertiary alicyclic amines) is 1. The minimum atomic E-state index is 0.728. The molecule has 0 bridgehead atoms. The van der Waals surface area contributed by atoms with E-state index < -0.39 is 0 Å². The summed E-state index contributed by atoms with van der Waals surface area (Å²) in [5.74, 6) is 2.38. The average molecular weight is 283 g/mol. The number of hydrogen-bond donors (Lipinski definition) is 1. The quantitative estimate of drug-likeness (QED) is 0.938. The average Bonchev–Trinajstić information content (AvgIpc) is 3.16. The molecule has 21 heavy (non-hydrogen) atoms. The van der Waals surface area contributed by atoms with Crippen LogP contribution in [0.15, 0.2) is 34.9 Å². The minimum absolute atomic E-state index is 0.728. The Morgan fingerprint density at radius 3 is 2.62 bits per heavy atom. The van der Waals surface area contributed by atoms with Gasteiger partial charge in [0.25, 0.3) is 0 Å². The molecule has 110 valence electrons. The topological polar surface area (TPSA) is 41.3 Å². The van der Waals surface area contributed by atoms with E-state index in [9.17, 15) is 0 Å². The lowest BCUT2D eigenvalue weighted by atomic mass is 10.0. The summed E-state index contributed by atoms with van der Waals surface area (Å²) in [4.78, 5) is 7.15. The van der Waals surface area contributed by atoms with Gasteiger partial charge in [-0.3, -0.25) is 4.90 Å². The van der Waals surface area contributed by atoms with Crippen molar-refractivity contribution in [3.8, 4) is 11.5 Å². The zero-order chi connectivity index (χ0) is 14.2. The van der Waals surface area contributed by atoms with Gasteiger partial charge in [0, 0.05) is 25.2 Å². The van der Waals surface area contributed by atoms with Gasteiger partial charge in [-0.15, -0.1) is 0 Å². The Morgan fingerprint density at radius 1 is 1.19 bits per heavy atom. The number of rotatable bonds is 3. The highest BCUT2D eigenvalue weighted by atomic mass is 16.3. The van der Waals surface area contributed by atoms with Gasteiger partial charge in [-0.25, -0.2) is 4.98 Å². The van der Waals surface area contributed by atoms with Crippen molar-refractivity contribution in [2.45, 2.75) is 13.5 Å². The third kappa shape index (κ3) is 2.61. The zero-order valence-corrected chi connectivity index (χ0v) is 12.4. The van der Waals surface area contributed by atoms with E-state index in [4.69, 9.17) is 4.42 Å². The summed E-state index contributed by atoms with van der Waals surface area (Å²) in [5, 5.41) is 3.48.